The Morgan fingerprint density at radius 2 is 1.89 bits per heavy atom. The summed E-state index contributed by atoms with van der Waals surface area (Å²) < 4.78 is 1.06. The summed E-state index contributed by atoms with van der Waals surface area (Å²) in [6, 6.07) is 15.9. The zero-order valence-corrected chi connectivity index (χ0v) is 16.3. The van der Waals surface area contributed by atoms with Crippen molar-refractivity contribution < 1.29 is 14.9 Å². The smallest absolute Gasteiger partial charge is 0.284 e. The third-order valence-electron chi connectivity index (χ3n) is 4.25. The summed E-state index contributed by atoms with van der Waals surface area (Å²) >= 11 is 1.51. The van der Waals surface area contributed by atoms with Crippen LogP contribution in [0.1, 0.15) is 11.1 Å². The van der Waals surface area contributed by atoms with Gasteiger partial charge in [0, 0.05) is 7.05 Å². The van der Waals surface area contributed by atoms with Crippen molar-refractivity contribution in [3.63, 3.8) is 0 Å². The molecule has 6 nitrogen and oxygen atoms in total. The zero-order valence-electron chi connectivity index (χ0n) is 15.4. The number of carbonyl (C=O) groups excluding carboxylic acids is 2. The van der Waals surface area contributed by atoms with Crippen LogP contribution in [0.15, 0.2) is 48.5 Å². The number of hydrogen-bond acceptors (Lipinski definition) is 4. The Balaban J connectivity index is 1.85. The molecule has 0 fully saturated rings. The predicted octanol–water partition coefficient (Wildman–Crippen LogP) is 1.45. The molecule has 3 N–H and O–H groups in total. The second-order valence-electron chi connectivity index (χ2n) is 6.25. The van der Waals surface area contributed by atoms with Crippen LogP contribution in [0.5, 0.6) is 0 Å². The van der Waals surface area contributed by atoms with E-state index in [2.05, 4.69) is 5.32 Å². The van der Waals surface area contributed by atoms with E-state index in [9.17, 15) is 9.59 Å². The van der Waals surface area contributed by atoms with Gasteiger partial charge in [-0.1, -0.05) is 53.8 Å². The summed E-state index contributed by atoms with van der Waals surface area (Å²) in [6.45, 7) is 2.88. The topological polar surface area (TPSA) is 78.9 Å². The molecule has 7 heteroatoms. The lowest BCUT2D eigenvalue weighted by atomic mass is 10.2. The molecular formula is C20H23N4O2S+. The van der Waals surface area contributed by atoms with E-state index in [1.165, 1.54) is 11.3 Å². The van der Waals surface area contributed by atoms with Crippen LogP contribution >= 0.6 is 11.3 Å². The number of aryl methyl sites for hydroxylation is 1. The highest BCUT2D eigenvalue weighted by atomic mass is 32.1. The fourth-order valence-electron chi connectivity index (χ4n) is 2.76. The summed E-state index contributed by atoms with van der Waals surface area (Å²) in [6.07, 6.45) is 0. The number of nitrogens with two attached hydrogens (primary N) is 1. The van der Waals surface area contributed by atoms with Crippen LogP contribution in [0.25, 0.3) is 10.2 Å². The van der Waals surface area contributed by atoms with Gasteiger partial charge in [-0.25, -0.2) is 4.98 Å². The van der Waals surface area contributed by atoms with Gasteiger partial charge in [0.2, 0.25) is 0 Å². The van der Waals surface area contributed by atoms with Crippen molar-refractivity contribution in [1.82, 2.24) is 10.3 Å². The summed E-state index contributed by atoms with van der Waals surface area (Å²) in [5, 5.41) is 4.95. The molecule has 3 rings (SSSR count). The molecular weight excluding hydrogens is 360 g/mol. The Bertz CT molecular complexity index is 940. The number of rotatable bonds is 7. The number of hydrogen-bond donors (Lipinski definition) is 2. The van der Waals surface area contributed by atoms with Crippen LogP contribution in [0.2, 0.25) is 0 Å². The van der Waals surface area contributed by atoms with E-state index in [4.69, 9.17) is 4.98 Å². The minimum absolute atomic E-state index is 0.0699. The summed E-state index contributed by atoms with van der Waals surface area (Å²) in [5.41, 5.74) is 3.05. The Hall–Kier alpha value is -2.77. The number of nitrogens with zero attached hydrogens (tertiary/aromatic N) is 2. The normalized spacial score (nSPS) is 10.7. The maximum atomic E-state index is 12.9. The van der Waals surface area contributed by atoms with Gasteiger partial charge in [0.15, 0.2) is 18.2 Å². The van der Waals surface area contributed by atoms with Crippen molar-refractivity contribution in [1.29, 1.82) is 0 Å². The van der Waals surface area contributed by atoms with E-state index in [1.807, 2.05) is 55.5 Å². The fraction of sp³-hybridized carbons (Fsp3) is 0.250. The fourth-order valence-corrected chi connectivity index (χ4v) is 3.82. The highest BCUT2D eigenvalue weighted by Crippen LogP contribution is 2.31. The van der Waals surface area contributed by atoms with E-state index in [0.717, 1.165) is 21.3 Å². The number of carbonyl (C=O) groups is 2. The average Bonchev–Trinajstić information content (AvgIpc) is 3.12. The second kappa shape index (κ2) is 8.75. The number of anilines is 1. The van der Waals surface area contributed by atoms with Crippen LogP contribution in [0, 0.1) is 6.92 Å². The first-order valence-corrected chi connectivity index (χ1v) is 9.63. The molecule has 0 saturated carbocycles. The van der Waals surface area contributed by atoms with Gasteiger partial charge in [-0.15, -0.1) is 0 Å². The molecule has 0 atom stereocenters. The van der Waals surface area contributed by atoms with E-state index in [0.29, 0.717) is 11.7 Å². The zero-order chi connectivity index (χ0) is 19.2. The number of fused-ring (bicyclic) bond motifs is 1. The largest absolute Gasteiger partial charge is 0.354 e. The van der Waals surface area contributed by atoms with Gasteiger partial charge in [0.05, 0.1) is 16.8 Å². The van der Waals surface area contributed by atoms with Crippen LogP contribution < -0.4 is 15.5 Å². The number of thiazole rings is 1. The lowest BCUT2D eigenvalue weighted by Crippen LogP contribution is -2.88. The molecule has 140 valence electrons. The van der Waals surface area contributed by atoms with Crippen molar-refractivity contribution in [2.24, 2.45) is 0 Å². The minimum Gasteiger partial charge on any atom is -0.354 e. The van der Waals surface area contributed by atoms with Crippen LogP contribution in [-0.2, 0) is 16.1 Å². The highest BCUT2D eigenvalue weighted by molar-refractivity contribution is 7.22. The first-order chi connectivity index (χ1) is 13.1. The molecule has 0 radical (unpaired) electrons. The average molecular weight is 383 g/mol. The standard InChI is InChI=1S/C20H22N4O2S/c1-14-7-6-10-16-19(14)23-20(27-16)24(13-15-8-4-3-5-9-15)18(26)12-22-11-17(25)21-2/h3-10,22H,11-13H2,1-2H3,(H,21,25)/p+1. The van der Waals surface area contributed by atoms with Crippen molar-refractivity contribution >= 4 is 38.5 Å². The predicted molar refractivity (Wildman–Crippen MR) is 108 cm³/mol. The quantitative estimate of drug-likeness (QED) is 0.648. The third-order valence-corrected chi connectivity index (χ3v) is 5.30. The Morgan fingerprint density at radius 1 is 1.11 bits per heavy atom. The number of benzene rings is 2. The number of quaternary nitrogens is 1. The molecule has 1 aromatic heterocycles. The SMILES string of the molecule is CNC(=O)C[NH2+]CC(=O)N(Cc1ccccc1)c1nc2c(C)cccc2s1. The maximum absolute atomic E-state index is 12.9. The summed E-state index contributed by atoms with van der Waals surface area (Å²) in [4.78, 5) is 30.7. The Morgan fingerprint density at radius 3 is 2.59 bits per heavy atom. The van der Waals surface area contributed by atoms with Crippen molar-refractivity contribution in [2.45, 2.75) is 13.5 Å². The van der Waals surface area contributed by atoms with E-state index < -0.39 is 0 Å². The van der Waals surface area contributed by atoms with Gasteiger partial charge in [-0.3, -0.25) is 14.5 Å². The minimum atomic E-state index is -0.104. The van der Waals surface area contributed by atoms with E-state index in [-0.39, 0.29) is 24.9 Å². The summed E-state index contributed by atoms with van der Waals surface area (Å²) in [5.74, 6) is -0.174. The first kappa shape index (κ1) is 19.0. The number of likely N-dealkylation sites (N-methyl/N-ethyl adjacent to an activating group) is 1. The molecule has 0 spiro atoms. The van der Waals surface area contributed by atoms with Gasteiger partial charge in [0.1, 0.15) is 0 Å². The molecule has 27 heavy (non-hydrogen) atoms. The highest BCUT2D eigenvalue weighted by Gasteiger charge is 2.22. The molecule has 0 saturated heterocycles. The second-order valence-corrected chi connectivity index (χ2v) is 7.26. The van der Waals surface area contributed by atoms with Crippen molar-refractivity contribution in [2.75, 3.05) is 25.0 Å². The lowest BCUT2D eigenvalue weighted by Gasteiger charge is -2.19. The van der Waals surface area contributed by atoms with Gasteiger partial charge >= 0.3 is 0 Å². The molecule has 0 aliphatic rings. The monoisotopic (exact) mass is 383 g/mol. The molecule has 0 aliphatic carbocycles. The molecule has 1 heterocycles. The lowest BCUT2D eigenvalue weighted by molar-refractivity contribution is -0.632. The van der Waals surface area contributed by atoms with Gasteiger partial charge in [0.25, 0.3) is 11.8 Å². The Labute approximate surface area is 162 Å². The van der Waals surface area contributed by atoms with Gasteiger partial charge in [-0.2, -0.15) is 0 Å². The van der Waals surface area contributed by atoms with Crippen molar-refractivity contribution in [3.8, 4) is 0 Å². The maximum Gasteiger partial charge on any atom is 0.284 e. The number of aromatic nitrogens is 1. The molecule has 3 aromatic rings. The van der Waals surface area contributed by atoms with Crippen LogP contribution in [-0.4, -0.2) is 36.9 Å². The number of para-hydroxylation sites is 1. The number of amides is 2. The van der Waals surface area contributed by atoms with Crippen molar-refractivity contribution in [3.05, 3.63) is 59.7 Å². The molecule has 2 amide bonds. The molecule has 0 aliphatic heterocycles. The Kier molecular flexibility index (Phi) is 6.16. The molecule has 2 aromatic carbocycles. The van der Waals surface area contributed by atoms with Gasteiger partial charge in [-0.05, 0) is 24.1 Å². The van der Waals surface area contributed by atoms with Gasteiger partial charge < -0.3 is 10.6 Å². The van der Waals surface area contributed by atoms with Crippen LogP contribution in [0.3, 0.4) is 0 Å². The van der Waals surface area contributed by atoms with Crippen LogP contribution in [0.4, 0.5) is 5.13 Å². The third kappa shape index (κ3) is 4.69. The summed E-state index contributed by atoms with van der Waals surface area (Å²) in [7, 11) is 1.59. The first-order valence-electron chi connectivity index (χ1n) is 8.81. The van der Waals surface area contributed by atoms with E-state index >= 15 is 0 Å². The molecule has 0 bridgehead atoms. The molecule has 0 unspecified atom stereocenters. The van der Waals surface area contributed by atoms with E-state index in [1.54, 1.807) is 17.3 Å². The number of nitrogens with one attached hydrogen (secondary N) is 1.